The van der Waals surface area contributed by atoms with Crippen molar-refractivity contribution in [3.63, 3.8) is 0 Å². The number of anilines is 1. The molecule has 2 unspecified atom stereocenters. The van der Waals surface area contributed by atoms with Gasteiger partial charge in [0, 0.05) is 49.9 Å². The first kappa shape index (κ1) is 24.7. The molecule has 2 N–H and O–H groups in total. The van der Waals surface area contributed by atoms with Gasteiger partial charge >= 0.3 is 5.97 Å². The number of aromatic nitrogens is 2. The number of nitrogens with zero attached hydrogens (tertiary/aromatic N) is 3. The number of nitrogens with one attached hydrogen (secondary N) is 1. The quantitative estimate of drug-likeness (QED) is 0.447. The highest BCUT2D eigenvalue weighted by atomic mass is 19.3. The standard InChI is InChI=1S/C26H30F2N4O4/c27-25(28)9-6-20(14-25)26(35,19-4-2-1-3-5-19)24(34)36-21-16-32(12-7-18(21)8-13-32)17-23(33)31-22-15-29-10-11-30-22/h1-5,10-11,15,18,20-21,35H,6-9,12-14,16-17H2/p+1/t18?,20?,21-,26?,32?/m0/s1. The van der Waals surface area contributed by atoms with Crippen molar-refractivity contribution in [3.8, 4) is 0 Å². The Hall–Kier alpha value is -2.98. The van der Waals surface area contributed by atoms with Crippen molar-refractivity contribution in [1.29, 1.82) is 0 Å². The van der Waals surface area contributed by atoms with E-state index in [2.05, 4.69) is 15.3 Å². The van der Waals surface area contributed by atoms with E-state index in [-0.39, 0.29) is 36.8 Å². The lowest BCUT2D eigenvalue weighted by Gasteiger charge is -2.51. The summed E-state index contributed by atoms with van der Waals surface area (Å²) in [6, 6.07) is 8.25. The largest absolute Gasteiger partial charge is 0.454 e. The molecular weight excluding hydrogens is 470 g/mol. The van der Waals surface area contributed by atoms with Gasteiger partial charge in [0.1, 0.15) is 6.54 Å². The number of carbonyl (C=O) groups excluding carboxylic acids is 2. The van der Waals surface area contributed by atoms with Gasteiger partial charge in [-0.25, -0.2) is 18.6 Å². The van der Waals surface area contributed by atoms with Crippen molar-refractivity contribution in [2.75, 3.05) is 31.5 Å². The molecule has 192 valence electrons. The van der Waals surface area contributed by atoms with E-state index in [1.54, 1.807) is 30.3 Å². The number of amides is 1. The Balaban J connectivity index is 1.31. The fourth-order valence-electron chi connectivity index (χ4n) is 6.17. The molecule has 3 atom stereocenters. The minimum absolute atomic E-state index is 0.0319. The number of alkyl halides is 2. The van der Waals surface area contributed by atoms with E-state index in [1.165, 1.54) is 18.6 Å². The summed E-state index contributed by atoms with van der Waals surface area (Å²) < 4.78 is 34.6. The fraction of sp³-hybridized carbons (Fsp3) is 0.538. The molecule has 2 aromatic rings. The maximum Gasteiger partial charge on any atom is 0.343 e. The number of fused-ring (bicyclic) bond motifs is 3. The first-order valence-corrected chi connectivity index (χ1v) is 12.5. The van der Waals surface area contributed by atoms with Crippen LogP contribution in [0.25, 0.3) is 0 Å². The molecule has 3 saturated heterocycles. The summed E-state index contributed by atoms with van der Waals surface area (Å²) in [6.45, 7) is 2.21. The number of halogens is 2. The second kappa shape index (κ2) is 9.48. The van der Waals surface area contributed by atoms with Crippen molar-refractivity contribution in [3.05, 3.63) is 54.5 Å². The van der Waals surface area contributed by atoms with Crippen molar-refractivity contribution in [2.24, 2.45) is 11.8 Å². The molecule has 4 heterocycles. The highest BCUT2D eigenvalue weighted by molar-refractivity contribution is 5.90. The molecule has 1 saturated carbocycles. The number of aliphatic hydroxyl groups is 1. The Labute approximate surface area is 208 Å². The molecule has 1 aromatic carbocycles. The zero-order valence-electron chi connectivity index (χ0n) is 20.0. The van der Waals surface area contributed by atoms with Gasteiger partial charge in [0.05, 0.1) is 19.3 Å². The number of carbonyl (C=O) groups is 2. The summed E-state index contributed by atoms with van der Waals surface area (Å²) in [5.41, 5.74) is -1.88. The smallest absolute Gasteiger partial charge is 0.343 e. The van der Waals surface area contributed by atoms with Crippen LogP contribution >= 0.6 is 0 Å². The molecule has 1 aliphatic carbocycles. The van der Waals surface area contributed by atoms with Gasteiger partial charge in [-0.1, -0.05) is 30.3 Å². The minimum atomic E-state index is -2.92. The van der Waals surface area contributed by atoms with E-state index >= 15 is 0 Å². The van der Waals surface area contributed by atoms with Gasteiger partial charge in [0.25, 0.3) is 5.91 Å². The molecule has 8 nitrogen and oxygen atoms in total. The third kappa shape index (κ3) is 4.84. The van der Waals surface area contributed by atoms with E-state index in [1.807, 2.05) is 0 Å². The first-order valence-electron chi connectivity index (χ1n) is 12.5. The lowest BCUT2D eigenvalue weighted by atomic mass is 9.79. The van der Waals surface area contributed by atoms with Crippen molar-refractivity contribution in [1.82, 2.24) is 9.97 Å². The molecule has 4 aliphatic rings. The summed E-state index contributed by atoms with van der Waals surface area (Å²) in [5, 5.41) is 14.4. The van der Waals surface area contributed by atoms with Crippen LogP contribution in [0.1, 0.15) is 37.7 Å². The number of hydrogen-bond donors (Lipinski definition) is 2. The maximum absolute atomic E-state index is 14.1. The zero-order chi connectivity index (χ0) is 25.4. The Morgan fingerprint density at radius 2 is 1.92 bits per heavy atom. The van der Waals surface area contributed by atoms with Crippen LogP contribution < -0.4 is 5.32 Å². The monoisotopic (exact) mass is 501 g/mol. The van der Waals surface area contributed by atoms with E-state index in [0.29, 0.717) is 16.8 Å². The molecule has 2 bridgehead atoms. The van der Waals surface area contributed by atoms with Crippen molar-refractivity contribution >= 4 is 17.7 Å². The SMILES string of the molecule is O=C(C[N+]12CCC(CC1)[C@@H](OC(=O)C(O)(c1ccccc1)C1CCC(F)(F)C1)C2)Nc1cnccn1. The molecular formula is C26H31F2N4O4+. The summed E-state index contributed by atoms with van der Waals surface area (Å²) in [6.07, 6.45) is 4.65. The zero-order valence-corrected chi connectivity index (χ0v) is 20.0. The lowest BCUT2D eigenvalue weighted by Crippen LogP contribution is -2.66. The molecule has 3 aliphatic heterocycles. The molecule has 1 aromatic heterocycles. The van der Waals surface area contributed by atoms with Gasteiger partial charge in [0.15, 0.2) is 24.1 Å². The van der Waals surface area contributed by atoms with Crippen LogP contribution in [0.15, 0.2) is 48.9 Å². The Morgan fingerprint density at radius 1 is 1.17 bits per heavy atom. The number of hydrogen-bond acceptors (Lipinski definition) is 6. The van der Waals surface area contributed by atoms with E-state index < -0.39 is 35.9 Å². The molecule has 4 fully saturated rings. The fourth-order valence-corrected chi connectivity index (χ4v) is 6.17. The van der Waals surface area contributed by atoms with E-state index in [9.17, 15) is 23.5 Å². The van der Waals surface area contributed by atoms with Gasteiger partial charge in [-0.3, -0.25) is 9.78 Å². The van der Waals surface area contributed by atoms with Crippen LogP contribution in [-0.2, 0) is 19.9 Å². The Morgan fingerprint density at radius 3 is 2.56 bits per heavy atom. The van der Waals surface area contributed by atoms with Crippen LogP contribution in [0.4, 0.5) is 14.6 Å². The molecule has 36 heavy (non-hydrogen) atoms. The highest BCUT2D eigenvalue weighted by Crippen LogP contribution is 2.48. The van der Waals surface area contributed by atoms with Gasteiger partial charge < -0.3 is 19.6 Å². The number of quaternary nitrogens is 1. The predicted molar refractivity (Wildman–Crippen MR) is 126 cm³/mol. The van der Waals surface area contributed by atoms with Crippen LogP contribution in [0.5, 0.6) is 0 Å². The molecule has 1 amide bonds. The van der Waals surface area contributed by atoms with Gasteiger partial charge in [-0.15, -0.1) is 0 Å². The van der Waals surface area contributed by atoms with Gasteiger partial charge in [-0.2, -0.15) is 0 Å². The Kier molecular flexibility index (Phi) is 6.50. The topological polar surface area (TPSA) is 101 Å². The number of ether oxygens (including phenoxy) is 1. The average Bonchev–Trinajstić information content (AvgIpc) is 3.25. The number of piperidine rings is 3. The van der Waals surface area contributed by atoms with Crippen LogP contribution in [0, 0.1) is 11.8 Å². The minimum Gasteiger partial charge on any atom is -0.454 e. The lowest BCUT2D eigenvalue weighted by molar-refractivity contribution is -0.939. The van der Waals surface area contributed by atoms with Crippen molar-refractivity contribution < 1.29 is 32.7 Å². The molecule has 10 heteroatoms. The first-order chi connectivity index (χ1) is 17.2. The summed E-state index contributed by atoms with van der Waals surface area (Å²) >= 11 is 0. The second-order valence-electron chi connectivity index (χ2n) is 10.5. The molecule has 6 rings (SSSR count). The van der Waals surface area contributed by atoms with Crippen molar-refractivity contribution in [2.45, 2.75) is 49.7 Å². The number of rotatable bonds is 7. The summed E-state index contributed by atoms with van der Waals surface area (Å²) in [5.74, 6) is -4.45. The highest BCUT2D eigenvalue weighted by Gasteiger charge is 2.56. The van der Waals surface area contributed by atoms with Crippen LogP contribution in [0.2, 0.25) is 0 Å². The summed E-state index contributed by atoms with van der Waals surface area (Å²) in [7, 11) is 0. The van der Waals surface area contributed by atoms with E-state index in [4.69, 9.17) is 4.74 Å². The number of benzene rings is 1. The van der Waals surface area contributed by atoms with Gasteiger partial charge in [-0.05, 0) is 12.0 Å². The maximum atomic E-state index is 14.1. The average molecular weight is 502 g/mol. The van der Waals surface area contributed by atoms with Gasteiger partial charge in [0.2, 0.25) is 5.92 Å². The molecule has 0 radical (unpaired) electrons. The van der Waals surface area contributed by atoms with E-state index in [0.717, 1.165) is 25.9 Å². The Bertz CT molecular complexity index is 1100. The normalized spacial score (nSPS) is 30.4. The molecule has 0 spiro atoms. The number of esters is 1. The summed E-state index contributed by atoms with van der Waals surface area (Å²) in [4.78, 5) is 34.3. The second-order valence-corrected chi connectivity index (χ2v) is 10.5. The van der Waals surface area contributed by atoms with Crippen LogP contribution in [0.3, 0.4) is 0 Å². The third-order valence-electron chi connectivity index (χ3n) is 8.13. The predicted octanol–water partition coefficient (Wildman–Crippen LogP) is 2.89. The third-order valence-corrected chi connectivity index (χ3v) is 8.13. The van der Waals surface area contributed by atoms with Crippen LogP contribution in [-0.4, -0.2) is 69.6 Å².